The average Bonchev–Trinajstić information content (AvgIpc) is 2.59. The number of thioether (sulfide) groups is 1. The number of guanidine groups is 1. The summed E-state index contributed by atoms with van der Waals surface area (Å²) in [5.41, 5.74) is 0. The highest BCUT2D eigenvalue weighted by Crippen LogP contribution is 2.13. The second-order valence-electron chi connectivity index (χ2n) is 5.76. The molecule has 0 aromatic heterocycles. The van der Waals surface area contributed by atoms with Gasteiger partial charge in [-0.25, -0.2) is 12.7 Å². The zero-order chi connectivity index (χ0) is 16.5. The van der Waals surface area contributed by atoms with Gasteiger partial charge in [0.05, 0.1) is 5.75 Å². The van der Waals surface area contributed by atoms with Crippen molar-refractivity contribution in [3.8, 4) is 0 Å². The first-order valence-electron chi connectivity index (χ1n) is 8.19. The molecule has 7 nitrogen and oxygen atoms in total. The second kappa shape index (κ2) is 9.71. The molecule has 0 unspecified atom stereocenters. The Balaban J connectivity index is 1.68. The Bertz CT molecular complexity index is 472. The minimum Gasteiger partial charge on any atom is -0.381 e. The SMILES string of the molecule is CN=C(NCCS(=O)(=O)N1CCSCC1)NCC1CCOCC1. The maximum Gasteiger partial charge on any atom is 0.215 e. The molecule has 0 saturated carbocycles. The fraction of sp³-hybridized carbons (Fsp3) is 0.929. The molecule has 2 N–H and O–H groups in total. The first-order valence-corrected chi connectivity index (χ1v) is 11.0. The Kier molecular flexibility index (Phi) is 7.94. The van der Waals surface area contributed by atoms with Gasteiger partial charge in [-0.2, -0.15) is 11.8 Å². The van der Waals surface area contributed by atoms with E-state index in [2.05, 4.69) is 15.6 Å². The molecule has 9 heteroatoms. The van der Waals surface area contributed by atoms with Crippen LogP contribution in [-0.2, 0) is 14.8 Å². The third-order valence-electron chi connectivity index (χ3n) is 4.14. The molecule has 0 spiro atoms. The van der Waals surface area contributed by atoms with Crippen molar-refractivity contribution >= 4 is 27.7 Å². The van der Waals surface area contributed by atoms with Crippen LogP contribution in [0.1, 0.15) is 12.8 Å². The van der Waals surface area contributed by atoms with Gasteiger partial charge in [-0.1, -0.05) is 0 Å². The van der Waals surface area contributed by atoms with Crippen LogP contribution >= 0.6 is 11.8 Å². The van der Waals surface area contributed by atoms with Crippen molar-refractivity contribution in [1.82, 2.24) is 14.9 Å². The van der Waals surface area contributed by atoms with E-state index >= 15 is 0 Å². The summed E-state index contributed by atoms with van der Waals surface area (Å²) in [5.74, 6) is 3.15. The van der Waals surface area contributed by atoms with Crippen molar-refractivity contribution in [2.24, 2.45) is 10.9 Å². The Morgan fingerprint density at radius 3 is 2.61 bits per heavy atom. The molecule has 0 amide bonds. The van der Waals surface area contributed by atoms with Crippen LogP contribution in [0.5, 0.6) is 0 Å². The number of rotatable bonds is 6. The van der Waals surface area contributed by atoms with Gasteiger partial charge < -0.3 is 15.4 Å². The van der Waals surface area contributed by atoms with Crippen LogP contribution in [0.25, 0.3) is 0 Å². The minimum absolute atomic E-state index is 0.107. The van der Waals surface area contributed by atoms with Crippen LogP contribution in [0.15, 0.2) is 4.99 Å². The third-order valence-corrected chi connectivity index (χ3v) is 6.95. The molecule has 2 rings (SSSR count). The summed E-state index contributed by atoms with van der Waals surface area (Å²) in [7, 11) is -1.46. The lowest BCUT2D eigenvalue weighted by Gasteiger charge is -2.26. The molecule has 0 aromatic rings. The van der Waals surface area contributed by atoms with Crippen molar-refractivity contribution < 1.29 is 13.2 Å². The topological polar surface area (TPSA) is 83.0 Å². The lowest BCUT2D eigenvalue weighted by atomic mass is 10.0. The molecule has 0 atom stereocenters. The van der Waals surface area contributed by atoms with Crippen LogP contribution in [0.4, 0.5) is 0 Å². The van der Waals surface area contributed by atoms with Crippen molar-refractivity contribution in [3.63, 3.8) is 0 Å². The maximum atomic E-state index is 12.3. The van der Waals surface area contributed by atoms with E-state index in [1.807, 2.05) is 11.8 Å². The smallest absolute Gasteiger partial charge is 0.215 e. The zero-order valence-electron chi connectivity index (χ0n) is 13.8. The van der Waals surface area contributed by atoms with Crippen LogP contribution < -0.4 is 10.6 Å². The van der Waals surface area contributed by atoms with E-state index in [0.717, 1.165) is 44.1 Å². The number of ether oxygens (including phenoxy) is 1. The lowest BCUT2D eigenvalue weighted by molar-refractivity contribution is 0.0675. The van der Waals surface area contributed by atoms with Gasteiger partial charge in [-0.3, -0.25) is 4.99 Å². The van der Waals surface area contributed by atoms with Crippen molar-refractivity contribution in [2.45, 2.75) is 12.8 Å². The summed E-state index contributed by atoms with van der Waals surface area (Å²) in [4.78, 5) is 4.16. The van der Waals surface area contributed by atoms with Crippen LogP contribution in [0.2, 0.25) is 0 Å². The number of aliphatic imine (C=N–C) groups is 1. The van der Waals surface area contributed by atoms with E-state index in [1.165, 1.54) is 0 Å². The first kappa shape index (κ1) is 18.8. The number of sulfonamides is 1. The number of nitrogens with zero attached hydrogens (tertiary/aromatic N) is 2. The summed E-state index contributed by atoms with van der Waals surface area (Å²) in [6.07, 6.45) is 2.12. The monoisotopic (exact) mass is 364 g/mol. The van der Waals surface area contributed by atoms with E-state index in [4.69, 9.17) is 4.74 Å². The molecule has 23 heavy (non-hydrogen) atoms. The molecule has 2 heterocycles. The van der Waals surface area contributed by atoms with E-state index < -0.39 is 10.0 Å². The number of hydrogen-bond donors (Lipinski definition) is 2. The van der Waals surface area contributed by atoms with Gasteiger partial charge in [0.2, 0.25) is 10.0 Å². The number of hydrogen-bond acceptors (Lipinski definition) is 5. The maximum absolute atomic E-state index is 12.3. The molecule has 2 aliphatic heterocycles. The van der Waals surface area contributed by atoms with Gasteiger partial charge >= 0.3 is 0 Å². The first-order chi connectivity index (χ1) is 11.1. The van der Waals surface area contributed by atoms with Crippen LogP contribution in [-0.4, -0.2) is 82.4 Å². The molecule has 0 radical (unpaired) electrons. The summed E-state index contributed by atoms with van der Waals surface area (Å²) < 4.78 is 31.5. The fourth-order valence-electron chi connectivity index (χ4n) is 2.66. The molecular formula is C14H28N4O3S2. The summed E-state index contributed by atoms with van der Waals surface area (Å²) in [6.45, 7) is 4.13. The molecule has 2 aliphatic rings. The Hall–Kier alpha value is -0.510. The summed E-state index contributed by atoms with van der Waals surface area (Å²) in [6, 6.07) is 0. The van der Waals surface area contributed by atoms with Gasteiger partial charge in [-0.05, 0) is 18.8 Å². The number of nitrogens with one attached hydrogen (secondary N) is 2. The van der Waals surface area contributed by atoms with Crippen LogP contribution in [0.3, 0.4) is 0 Å². The average molecular weight is 365 g/mol. The third kappa shape index (κ3) is 6.48. The normalized spacial score (nSPS) is 22.0. The van der Waals surface area contributed by atoms with E-state index in [0.29, 0.717) is 31.5 Å². The minimum atomic E-state index is -3.16. The van der Waals surface area contributed by atoms with E-state index in [-0.39, 0.29) is 5.75 Å². The quantitative estimate of drug-likeness (QED) is 0.508. The lowest BCUT2D eigenvalue weighted by Crippen LogP contribution is -2.45. The predicted octanol–water partition coefficient (Wildman–Crippen LogP) is -0.0434. The van der Waals surface area contributed by atoms with Gasteiger partial charge in [0.1, 0.15) is 0 Å². The molecule has 0 aromatic carbocycles. The highest BCUT2D eigenvalue weighted by atomic mass is 32.2. The fourth-order valence-corrected chi connectivity index (χ4v) is 5.16. The molecule has 134 valence electrons. The second-order valence-corrected chi connectivity index (χ2v) is 9.08. The summed E-state index contributed by atoms with van der Waals surface area (Å²) >= 11 is 1.81. The van der Waals surface area contributed by atoms with Crippen LogP contribution in [0, 0.1) is 5.92 Å². The predicted molar refractivity (Wildman–Crippen MR) is 95.6 cm³/mol. The van der Waals surface area contributed by atoms with E-state index in [9.17, 15) is 8.42 Å². The molecule has 0 bridgehead atoms. The molecular weight excluding hydrogens is 336 g/mol. The van der Waals surface area contributed by atoms with Crippen molar-refractivity contribution in [3.05, 3.63) is 0 Å². The highest BCUT2D eigenvalue weighted by molar-refractivity contribution is 7.99. The zero-order valence-corrected chi connectivity index (χ0v) is 15.4. The van der Waals surface area contributed by atoms with Gasteiger partial charge in [-0.15, -0.1) is 0 Å². The summed E-state index contributed by atoms with van der Waals surface area (Å²) in [5, 5.41) is 6.38. The standard InChI is InChI=1S/C14H28N4O3S2/c1-15-14(17-12-13-2-7-21-8-3-13)16-4-11-23(19,20)18-5-9-22-10-6-18/h13H,2-12H2,1H3,(H2,15,16,17). The Morgan fingerprint density at radius 2 is 1.96 bits per heavy atom. The van der Waals surface area contributed by atoms with Crippen molar-refractivity contribution in [1.29, 1.82) is 0 Å². The Morgan fingerprint density at radius 1 is 1.26 bits per heavy atom. The molecule has 0 aliphatic carbocycles. The van der Waals surface area contributed by atoms with Gasteiger partial charge in [0.15, 0.2) is 5.96 Å². The van der Waals surface area contributed by atoms with Crippen molar-refractivity contribution in [2.75, 3.05) is 63.7 Å². The molecule has 2 saturated heterocycles. The Labute approximate surface area is 143 Å². The van der Waals surface area contributed by atoms with Gasteiger partial charge in [0, 0.05) is 57.9 Å². The molecule has 2 fully saturated rings. The van der Waals surface area contributed by atoms with Gasteiger partial charge in [0.25, 0.3) is 0 Å². The largest absolute Gasteiger partial charge is 0.381 e. The highest BCUT2D eigenvalue weighted by Gasteiger charge is 2.23. The van der Waals surface area contributed by atoms with E-state index in [1.54, 1.807) is 11.4 Å².